The van der Waals surface area contributed by atoms with Crippen LogP contribution >= 0.6 is 15.9 Å². The maximum absolute atomic E-state index is 13.3. The lowest BCUT2D eigenvalue weighted by Crippen LogP contribution is -2.54. The first-order valence-corrected chi connectivity index (χ1v) is 11.4. The first kappa shape index (κ1) is 24.9. The molecule has 0 bridgehead atoms. The first-order chi connectivity index (χ1) is 14.5. The third kappa shape index (κ3) is 7.39. The minimum atomic E-state index is -0.582. The highest BCUT2D eigenvalue weighted by atomic mass is 79.9. The Hall–Kier alpha value is -2.34. The Morgan fingerprint density at radius 2 is 1.77 bits per heavy atom. The SMILES string of the molecule is CC[C@H](C(=O)NC(C)(C)C)N(Cc1ccccc1C)C(=O)COc1ccc(Br)c(C)c1. The number of nitrogens with zero attached hydrogens (tertiary/aromatic N) is 1. The smallest absolute Gasteiger partial charge is 0.261 e. The maximum atomic E-state index is 13.3. The summed E-state index contributed by atoms with van der Waals surface area (Å²) in [6.45, 7) is 11.9. The summed E-state index contributed by atoms with van der Waals surface area (Å²) in [7, 11) is 0. The van der Waals surface area contributed by atoms with Gasteiger partial charge in [-0.15, -0.1) is 0 Å². The highest BCUT2D eigenvalue weighted by Crippen LogP contribution is 2.22. The van der Waals surface area contributed by atoms with Crippen molar-refractivity contribution in [3.8, 4) is 5.75 Å². The van der Waals surface area contributed by atoms with Gasteiger partial charge in [0, 0.05) is 16.6 Å². The highest BCUT2D eigenvalue weighted by molar-refractivity contribution is 9.10. The van der Waals surface area contributed by atoms with Crippen molar-refractivity contribution in [2.24, 2.45) is 0 Å². The molecular formula is C25H33BrN2O3. The number of halogens is 1. The summed E-state index contributed by atoms with van der Waals surface area (Å²) in [5, 5.41) is 3.01. The summed E-state index contributed by atoms with van der Waals surface area (Å²) in [6, 6.07) is 12.9. The summed E-state index contributed by atoms with van der Waals surface area (Å²) in [6.07, 6.45) is 0.511. The summed E-state index contributed by atoms with van der Waals surface area (Å²) in [5.41, 5.74) is 2.73. The third-order valence-electron chi connectivity index (χ3n) is 4.98. The second-order valence-corrected chi connectivity index (χ2v) is 9.67. The molecule has 2 amide bonds. The van der Waals surface area contributed by atoms with Gasteiger partial charge in [-0.2, -0.15) is 0 Å². The van der Waals surface area contributed by atoms with E-state index in [9.17, 15) is 9.59 Å². The second-order valence-electron chi connectivity index (χ2n) is 8.81. The van der Waals surface area contributed by atoms with Crippen LogP contribution in [-0.4, -0.2) is 34.9 Å². The van der Waals surface area contributed by atoms with Crippen LogP contribution in [-0.2, 0) is 16.1 Å². The number of hydrogen-bond acceptors (Lipinski definition) is 3. The van der Waals surface area contributed by atoms with Gasteiger partial charge in [-0.25, -0.2) is 0 Å². The van der Waals surface area contributed by atoms with Gasteiger partial charge in [-0.1, -0.05) is 47.1 Å². The highest BCUT2D eigenvalue weighted by Gasteiger charge is 2.31. The van der Waals surface area contributed by atoms with Gasteiger partial charge in [-0.3, -0.25) is 9.59 Å². The molecule has 0 saturated carbocycles. The molecule has 6 heteroatoms. The van der Waals surface area contributed by atoms with Crippen molar-refractivity contribution in [3.05, 3.63) is 63.6 Å². The molecule has 0 spiro atoms. The van der Waals surface area contributed by atoms with Gasteiger partial charge >= 0.3 is 0 Å². The fraction of sp³-hybridized carbons (Fsp3) is 0.440. The van der Waals surface area contributed by atoms with Crippen molar-refractivity contribution in [3.63, 3.8) is 0 Å². The normalized spacial score (nSPS) is 12.2. The van der Waals surface area contributed by atoms with E-state index in [1.54, 1.807) is 4.90 Å². The molecule has 168 valence electrons. The van der Waals surface area contributed by atoms with Crippen molar-refractivity contribution < 1.29 is 14.3 Å². The van der Waals surface area contributed by atoms with Gasteiger partial charge < -0.3 is 15.0 Å². The lowest BCUT2D eigenvalue weighted by Gasteiger charge is -2.33. The molecule has 0 aliphatic heterocycles. The van der Waals surface area contributed by atoms with Crippen LogP contribution < -0.4 is 10.1 Å². The van der Waals surface area contributed by atoms with Crippen molar-refractivity contribution in [1.29, 1.82) is 0 Å². The number of nitrogens with one attached hydrogen (secondary N) is 1. The fourth-order valence-corrected chi connectivity index (χ4v) is 3.52. The summed E-state index contributed by atoms with van der Waals surface area (Å²) >= 11 is 3.47. The van der Waals surface area contributed by atoms with E-state index in [4.69, 9.17) is 4.74 Å². The van der Waals surface area contributed by atoms with Crippen LogP contribution in [0.5, 0.6) is 5.75 Å². The van der Waals surface area contributed by atoms with Crippen molar-refractivity contribution >= 4 is 27.7 Å². The molecule has 0 aromatic heterocycles. The van der Waals surface area contributed by atoms with Gasteiger partial charge in [0.2, 0.25) is 5.91 Å². The van der Waals surface area contributed by atoms with Crippen molar-refractivity contribution in [2.75, 3.05) is 6.61 Å². The van der Waals surface area contributed by atoms with Gasteiger partial charge in [0.15, 0.2) is 6.61 Å². The average molecular weight is 489 g/mol. The summed E-state index contributed by atoms with van der Waals surface area (Å²) < 4.78 is 6.77. The van der Waals surface area contributed by atoms with Gasteiger partial charge in [0.1, 0.15) is 11.8 Å². The van der Waals surface area contributed by atoms with E-state index >= 15 is 0 Å². The van der Waals surface area contributed by atoms with E-state index in [-0.39, 0.29) is 24.0 Å². The zero-order chi connectivity index (χ0) is 23.2. The molecular weight excluding hydrogens is 456 g/mol. The Morgan fingerprint density at radius 3 is 2.35 bits per heavy atom. The van der Waals surface area contributed by atoms with Crippen LogP contribution in [0, 0.1) is 13.8 Å². The molecule has 0 aliphatic carbocycles. The Morgan fingerprint density at radius 1 is 1.10 bits per heavy atom. The molecule has 1 N–H and O–H groups in total. The number of rotatable bonds is 8. The molecule has 5 nitrogen and oxygen atoms in total. The molecule has 31 heavy (non-hydrogen) atoms. The molecule has 0 fully saturated rings. The molecule has 0 unspecified atom stereocenters. The predicted octanol–water partition coefficient (Wildman–Crippen LogP) is 5.17. The number of aryl methyl sites for hydroxylation is 2. The molecule has 0 saturated heterocycles. The number of hydrogen-bond donors (Lipinski definition) is 1. The molecule has 0 radical (unpaired) electrons. The Balaban J connectivity index is 2.26. The molecule has 0 aliphatic rings. The fourth-order valence-electron chi connectivity index (χ4n) is 3.28. The van der Waals surface area contributed by atoms with Gasteiger partial charge in [0.25, 0.3) is 5.91 Å². The summed E-state index contributed by atoms with van der Waals surface area (Å²) in [5.74, 6) is 0.244. The zero-order valence-corrected chi connectivity index (χ0v) is 20.9. The molecule has 2 rings (SSSR count). The van der Waals surface area contributed by atoms with Crippen molar-refractivity contribution in [1.82, 2.24) is 10.2 Å². The largest absolute Gasteiger partial charge is 0.484 e. The topological polar surface area (TPSA) is 58.6 Å². The number of benzene rings is 2. The molecule has 1 atom stereocenters. The minimum absolute atomic E-state index is 0.133. The number of amides is 2. The van der Waals surface area contributed by atoms with Crippen LogP contribution in [0.1, 0.15) is 50.8 Å². The average Bonchev–Trinajstić information content (AvgIpc) is 2.68. The van der Waals surface area contributed by atoms with Crippen LogP contribution in [0.3, 0.4) is 0 Å². The van der Waals surface area contributed by atoms with Crippen LogP contribution in [0.2, 0.25) is 0 Å². The molecule has 2 aromatic rings. The number of ether oxygens (including phenoxy) is 1. The Kier molecular flexibility index (Phi) is 8.69. The van der Waals surface area contributed by atoms with Crippen molar-refractivity contribution in [2.45, 2.75) is 66.1 Å². The number of carbonyl (C=O) groups is 2. The Bertz CT molecular complexity index is 921. The predicted molar refractivity (Wildman–Crippen MR) is 128 cm³/mol. The maximum Gasteiger partial charge on any atom is 0.261 e. The van der Waals surface area contributed by atoms with E-state index in [2.05, 4.69) is 21.2 Å². The molecule has 0 heterocycles. The lowest BCUT2D eigenvalue weighted by molar-refractivity contribution is -0.143. The van der Waals surface area contributed by atoms with E-state index in [1.165, 1.54) is 0 Å². The monoisotopic (exact) mass is 488 g/mol. The van der Waals surface area contributed by atoms with E-state index in [0.717, 1.165) is 21.2 Å². The van der Waals surface area contributed by atoms with Gasteiger partial charge in [0.05, 0.1) is 0 Å². The first-order valence-electron chi connectivity index (χ1n) is 10.6. The third-order valence-corrected chi connectivity index (χ3v) is 5.87. The Labute approximate surface area is 194 Å². The van der Waals surface area contributed by atoms with E-state index in [1.807, 2.05) is 84.0 Å². The van der Waals surface area contributed by atoms with E-state index in [0.29, 0.717) is 18.7 Å². The standard InChI is InChI=1S/C25H33BrN2O3/c1-7-22(24(30)27-25(4,5)6)28(15-19-11-9-8-10-17(19)2)23(29)16-31-20-12-13-21(26)18(3)14-20/h8-14,22H,7,15-16H2,1-6H3,(H,27,30)/t22-/m1/s1. The van der Waals surface area contributed by atoms with Gasteiger partial charge in [-0.05, 0) is 75.9 Å². The summed E-state index contributed by atoms with van der Waals surface area (Å²) in [4.78, 5) is 27.9. The van der Waals surface area contributed by atoms with Crippen LogP contribution in [0.4, 0.5) is 0 Å². The molecule has 2 aromatic carbocycles. The second kappa shape index (κ2) is 10.8. The minimum Gasteiger partial charge on any atom is -0.484 e. The van der Waals surface area contributed by atoms with Crippen LogP contribution in [0.15, 0.2) is 46.9 Å². The van der Waals surface area contributed by atoms with Crippen LogP contribution in [0.25, 0.3) is 0 Å². The zero-order valence-electron chi connectivity index (χ0n) is 19.3. The van der Waals surface area contributed by atoms with E-state index < -0.39 is 6.04 Å². The quantitative estimate of drug-likeness (QED) is 0.557. The lowest BCUT2D eigenvalue weighted by atomic mass is 10.0. The number of carbonyl (C=O) groups excluding carboxylic acids is 2.